The van der Waals surface area contributed by atoms with Crippen LogP contribution in [0.4, 0.5) is 13.2 Å². The van der Waals surface area contributed by atoms with Gasteiger partial charge in [0.15, 0.2) is 0 Å². The van der Waals surface area contributed by atoms with Gasteiger partial charge in [-0.15, -0.1) is 0 Å². The average Bonchev–Trinajstić information content (AvgIpc) is 2.16. The Morgan fingerprint density at radius 3 is 2.56 bits per heavy atom. The van der Waals surface area contributed by atoms with Gasteiger partial charge >= 0.3 is 6.18 Å². The molecule has 0 saturated heterocycles. The van der Waals surface area contributed by atoms with E-state index in [0.717, 1.165) is 18.4 Å². The van der Waals surface area contributed by atoms with Crippen molar-refractivity contribution in [2.45, 2.75) is 38.5 Å². The van der Waals surface area contributed by atoms with Crippen LogP contribution in [-0.4, -0.2) is 11.3 Å². The zero-order valence-electron chi connectivity index (χ0n) is 9.09. The molecule has 1 atom stereocenters. The molecular formula is C12H15F3O. The van der Waals surface area contributed by atoms with E-state index >= 15 is 0 Å². The normalized spacial score (nSPS) is 13.8. The predicted molar refractivity (Wildman–Crippen MR) is 56.1 cm³/mol. The van der Waals surface area contributed by atoms with E-state index in [1.165, 1.54) is 6.07 Å². The summed E-state index contributed by atoms with van der Waals surface area (Å²) in [5.74, 6) is 0. The fourth-order valence-electron chi connectivity index (χ4n) is 1.58. The van der Waals surface area contributed by atoms with E-state index in [4.69, 9.17) is 0 Å². The highest BCUT2D eigenvalue weighted by atomic mass is 19.4. The third-order valence-corrected chi connectivity index (χ3v) is 2.30. The van der Waals surface area contributed by atoms with Crippen LogP contribution in [0.3, 0.4) is 0 Å². The summed E-state index contributed by atoms with van der Waals surface area (Å²) in [5, 5.41) is 9.43. The largest absolute Gasteiger partial charge is 0.391 e. The first kappa shape index (κ1) is 13.0. The second-order valence-electron chi connectivity index (χ2n) is 3.83. The summed E-state index contributed by atoms with van der Waals surface area (Å²) in [4.78, 5) is 0. The molecule has 0 heterocycles. The van der Waals surface area contributed by atoms with Crippen molar-refractivity contribution >= 4 is 0 Å². The van der Waals surface area contributed by atoms with Gasteiger partial charge in [0.25, 0.3) is 0 Å². The number of rotatable bonds is 4. The van der Waals surface area contributed by atoms with Gasteiger partial charge < -0.3 is 5.11 Å². The van der Waals surface area contributed by atoms with Gasteiger partial charge in [0, 0.05) is 0 Å². The van der Waals surface area contributed by atoms with Gasteiger partial charge in [0.1, 0.15) is 0 Å². The van der Waals surface area contributed by atoms with E-state index in [1.807, 2.05) is 13.0 Å². The summed E-state index contributed by atoms with van der Waals surface area (Å²) in [6.07, 6.45) is -5.24. The van der Waals surface area contributed by atoms with Gasteiger partial charge in [-0.1, -0.05) is 37.6 Å². The zero-order valence-corrected chi connectivity index (χ0v) is 9.09. The average molecular weight is 232 g/mol. The maximum absolute atomic E-state index is 12.1. The van der Waals surface area contributed by atoms with Crippen LogP contribution in [0, 0.1) is 0 Å². The zero-order chi connectivity index (χ0) is 12.2. The van der Waals surface area contributed by atoms with Crippen LogP contribution in [0.15, 0.2) is 24.3 Å². The molecule has 1 unspecified atom stereocenters. The standard InChI is InChI=1S/C12H15F3O/c1-2-4-9-5-3-6-10(7-9)11(16)8-12(13,14)15/h3,5-7,11,16H,2,4,8H2,1H3. The molecule has 0 spiro atoms. The van der Waals surface area contributed by atoms with Gasteiger partial charge in [-0.3, -0.25) is 0 Å². The first-order chi connectivity index (χ1) is 7.42. The summed E-state index contributed by atoms with van der Waals surface area (Å²) in [6, 6.07) is 6.70. The van der Waals surface area contributed by atoms with Crippen molar-refractivity contribution in [1.29, 1.82) is 0 Å². The molecule has 0 fully saturated rings. The maximum atomic E-state index is 12.1. The van der Waals surface area contributed by atoms with Crippen molar-refractivity contribution in [1.82, 2.24) is 0 Å². The molecule has 1 N–H and O–H groups in total. The molecule has 1 aromatic carbocycles. The van der Waals surface area contributed by atoms with E-state index in [9.17, 15) is 18.3 Å². The molecule has 0 aliphatic carbocycles. The molecule has 1 aromatic rings. The minimum Gasteiger partial charge on any atom is -0.388 e. The van der Waals surface area contributed by atoms with Crippen LogP contribution in [0.5, 0.6) is 0 Å². The SMILES string of the molecule is CCCc1cccc(C(O)CC(F)(F)F)c1. The lowest BCUT2D eigenvalue weighted by Crippen LogP contribution is -2.13. The van der Waals surface area contributed by atoms with Gasteiger partial charge in [-0.2, -0.15) is 13.2 Å². The topological polar surface area (TPSA) is 20.2 Å². The van der Waals surface area contributed by atoms with Crippen molar-refractivity contribution in [3.05, 3.63) is 35.4 Å². The van der Waals surface area contributed by atoms with E-state index in [0.29, 0.717) is 5.56 Å². The molecule has 4 heteroatoms. The highest BCUT2D eigenvalue weighted by Crippen LogP contribution is 2.29. The van der Waals surface area contributed by atoms with Gasteiger partial charge in [0.05, 0.1) is 12.5 Å². The van der Waals surface area contributed by atoms with E-state index < -0.39 is 18.7 Å². The van der Waals surface area contributed by atoms with E-state index in [1.54, 1.807) is 12.1 Å². The van der Waals surface area contributed by atoms with E-state index in [-0.39, 0.29) is 0 Å². The van der Waals surface area contributed by atoms with Crippen LogP contribution < -0.4 is 0 Å². The number of halogens is 3. The summed E-state index contributed by atoms with van der Waals surface area (Å²) in [5.41, 5.74) is 1.30. The molecule has 0 amide bonds. The highest BCUT2D eigenvalue weighted by molar-refractivity contribution is 5.25. The highest BCUT2D eigenvalue weighted by Gasteiger charge is 2.31. The minimum absolute atomic E-state index is 0.336. The lowest BCUT2D eigenvalue weighted by Gasteiger charge is -2.14. The van der Waals surface area contributed by atoms with Crippen LogP contribution in [0.25, 0.3) is 0 Å². The third kappa shape index (κ3) is 4.23. The second kappa shape index (κ2) is 5.34. The molecule has 0 aliphatic rings. The lowest BCUT2D eigenvalue weighted by molar-refractivity contribution is -0.154. The number of aryl methyl sites for hydroxylation is 1. The molecule has 0 bridgehead atoms. The van der Waals surface area contributed by atoms with E-state index in [2.05, 4.69) is 0 Å². The Bertz CT molecular complexity index is 333. The molecule has 1 rings (SSSR count). The number of hydrogen-bond donors (Lipinski definition) is 1. The fourth-order valence-corrected chi connectivity index (χ4v) is 1.58. The van der Waals surface area contributed by atoms with Crippen LogP contribution in [0.1, 0.15) is 37.0 Å². The Labute approximate surface area is 92.9 Å². The Morgan fingerprint density at radius 1 is 1.31 bits per heavy atom. The fraction of sp³-hybridized carbons (Fsp3) is 0.500. The Hall–Kier alpha value is -1.03. The van der Waals surface area contributed by atoms with Crippen molar-refractivity contribution < 1.29 is 18.3 Å². The first-order valence-corrected chi connectivity index (χ1v) is 5.26. The number of hydrogen-bond acceptors (Lipinski definition) is 1. The second-order valence-corrected chi connectivity index (χ2v) is 3.83. The Kier molecular flexibility index (Phi) is 4.35. The first-order valence-electron chi connectivity index (χ1n) is 5.26. The molecule has 16 heavy (non-hydrogen) atoms. The van der Waals surface area contributed by atoms with Crippen molar-refractivity contribution in [3.8, 4) is 0 Å². The molecule has 0 aromatic heterocycles. The monoisotopic (exact) mass is 232 g/mol. The number of aliphatic hydroxyl groups is 1. The number of benzene rings is 1. The Balaban J connectivity index is 2.75. The molecule has 0 aliphatic heterocycles. The number of aliphatic hydroxyl groups excluding tert-OH is 1. The number of alkyl halides is 3. The van der Waals surface area contributed by atoms with Gasteiger partial charge in [-0.25, -0.2) is 0 Å². The summed E-state index contributed by atoms with van der Waals surface area (Å²) < 4.78 is 36.2. The minimum atomic E-state index is -4.33. The molecule has 0 radical (unpaired) electrons. The molecule has 1 nitrogen and oxygen atoms in total. The van der Waals surface area contributed by atoms with Crippen molar-refractivity contribution in [2.75, 3.05) is 0 Å². The van der Waals surface area contributed by atoms with Crippen molar-refractivity contribution in [2.24, 2.45) is 0 Å². The molecular weight excluding hydrogens is 217 g/mol. The van der Waals surface area contributed by atoms with Crippen molar-refractivity contribution in [3.63, 3.8) is 0 Å². The van der Waals surface area contributed by atoms with Crippen LogP contribution in [-0.2, 0) is 6.42 Å². The predicted octanol–water partition coefficient (Wildman–Crippen LogP) is 3.62. The quantitative estimate of drug-likeness (QED) is 0.840. The maximum Gasteiger partial charge on any atom is 0.391 e. The summed E-state index contributed by atoms with van der Waals surface area (Å²) in [6.45, 7) is 2.00. The van der Waals surface area contributed by atoms with Gasteiger partial charge in [0.2, 0.25) is 0 Å². The van der Waals surface area contributed by atoms with Gasteiger partial charge in [-0.05, 0) is 17.5 Å². The molecule has 0 saturated carbocycles. The summed E-state index contributed by atoms with van der Waals surface area (Å²) >= 11 is 0. The smallest absolute Gasteiger partial charge is 0.388 e. The van der Waals surface area contributed by atoms with Crippen LogP contribution in [0.2, 0.25) is 0 Å². The third-order valence-electron chi connectivity index (χ3n) is 2.30. The molecule has 90 valence electrons. The van der Waals surface area contributed by atoms with Crippen LogP contribution >= 0.6 is 0 Å². The Morgan fingerprint density at radius 2 is 2.00 bits per heavy atom. The lowest BCUT2D eigenvalue weighted by atomic mass is 10.0. The summed E-state index contributed by atoms with van der Waals surface area (Å²) in [7, 11) is 0.